The van der Waals surface area contributed by atoms with E-state index in [0.717, 1.165) is 49.5 Å². The molecule has 5 nitrogen and oxygen atoms in total. The summed E-state index contributed by atoms with van der Waals surface area (Å²) in [5.41, 5.74) is 0.716. The average Bonchev–Trinajstić information content (AvgIpc) is 2.77. The first-order valence-corrected chi connectivity index (χ1v) is 10.8. The lowest BCUT2D eigenvalue weighted by Gasteiger charge is -2.32. The van der Waals surface area contributed by atoms with Crippen molar-refractivity contribution in [3.63, 3.8) is 0 Å². The second-order valence-corrected chi connectivity index (χ2v) is 7.73. The highest BCUT2D eigenvalue weighted by Crippen LogP contribution is 2.23. The number of rotatable bonds is 9. The molecule has 0 bridgehead atoms. The van der Waals surface area contributed by atoms with E-state index in [9.17, 15) is 9.59 Å². The third kappa shape index (κ3) is 5.80. The summed E-state index contributed by atoms with van der Waals surface area (Å²) in [5, 5.41) is 5.04. The highest BCUT2D eigenvalue weighted by atomic mass is 16.5. The van der Waals surface area contributed by atoms with Crippen LogP contribution in [0.15, 0.2) is 42.5 Å². The highest BCUT2D eigenvalue weighted by Gasteiger charge is 2.29. The second kappa shape index (κ2) is 11.0. The molecule has 5 heteroatoms. The summed E-state index contributed by atoms with van der Waals surface area (Å²) in [6, 6.07) is 13.8. The van der Waals surface area contributed by atoms with Crippen LogP contribution >= 0.6 is 0 Å². The standard InChI is InChI=1S/C24H32N2O3/c1-2-3-16-29-17-8-14-25-23(27)20-11-7-15-26(18-20)24(28)22-13-6-10-19-9-4-5-12-21(19)22/h4-6,9-10,12-13,20H,2-3,7-8,11,14-18H2,1H3,(H,25,27). The molecule has 3 rings (SSSR count). The average molecular weight is 397 g/mol. The summed E-state index contributed by atoms with van der Waals surface area (Å²) < 4.78 is 5.53. The van der Waals surface area contributed by atoms with Crippen molar-refractivity contribution in [2.45, 2.75) is 39.0 Å². The molecule has 1 saturated heterocycles. The summed E-state index contributed by atoms with van der Waals surface area (Å²) in [7, 11) is 0. The fourth-order valence-electron chi connectivity index (χ4n) is 3.84. The maximum atomic E-state index is 13.1. The molecular weight excluding hydrogens is 364 g/mol. The Bertz CT molecular complexity index is 815. The number of nitrogens with one attached hydrogen (secondary N) is 1. The molecule has 0 saturated carbocycles. The first-order valence-electron chi connectivity index (χ1n) is 10.8. The minimum atomic E-state index is -0.135. The normalized spacial score (nSPS) is 16.7. The molecule has 29 heavy (non-hydrogen) atoms. The number of benzene rings is 2. The number of likely N-dealkylation sites (tertiary alicyclic amines) is 1. The maximum absolute atomic E-state index is 13.1. The van der Waals surface area contributed by atoms with Crippen LogP contribution in [0.2, 0.25) is 0 Å². The summed E-state index contributed by atoms with van der Waals surface area (Å²) in [5.74, 6) is -0.0683. The van der Waals surface area contributed by atoms with Gasteiger partial charge in [0, 0.05) is 38.4 Å². The molecule has 1 N–H and O–H groups in total. The van der Waals surface area contributed by atoms with Crippen LogP contribution in [0.5, 0.6) is 0 Å². The number of unbranched alkanes of at least 4 members (excludes halogenated alkanes) is 1. The largest absolute Gasteiger partial charge is 0.381 e. The van der Waals surface area contributed by atoms with Crippen LogP contribution in [0, 0.1) is 5.92 Å². The van der Waals surface area contributed by atoms with E-state index in [1.54, 1.807) is 0 Å². The van der Waals surface area contributed by atoms with Gasteiger partial charge in [-0.1, -0.05) is 49.7 Å². The van der Waals surface area contributed by atoms with Gasteiger partial charge in [-0.25, -0.2) is 0 Å². The van der Waals surface area contributed by atoms with Crippen LogP contribution in [0.25, 0.3) is 10.8 Å². The van der Waals surface area contributed by atoms with E-state index in [-0.39, 0.29) is 17.7 Å². The van der Waals surface area contributed by atoms with Crippen molar-refractivity contribution in [1.29, 1.82) is 0 Å². The molecule has 2 aromatic rings. The number of fused-ring (bicyclic) bond motifs is 1. The zero-order valence-corrected chi connectivity index (χ0v) is 17.4. The van der Waals surface area contributed by atoms with Gasteiger partial charge in [0.2, 0.25) is 5.91 Å². The van der Waals surface area contributed by atoms with Crippen LogP contribution in [0.1, 0.15) is 49.4 Å². The van der Waals surface area contributed by atoms with Crippen LogP contribution < -0.4 is 5.32 Å². The van der Waals surface area contributed by atoms with Crippen LogP contribution in [0.4, 0.5) is 0 Å². The van der Waals surface area contributed by atoms with E-state index in [1.807, 2.05) is 47.4 Å². The Hall–Kier alpha value is -2.40. The topological polar surface area (TPSA) is 58.6 Å². The lowest BCUT2D eigenvalue weighted by molar-refractivity contribution is -0.126. The van der Waals surface area contributed by atoms with E-state index in [1.165, 1.54) is 0 Å². The predicted octanol–water partition coefficient (Wildman–Crippen LogP) is 4.02. The summed E-state index contributed by atoms with van der Waals surface area (Å²) in [6.45, 7) is 5.42. The molecular formula is C24H32N2O3. The number of hydrogen-bond donors (Lipinski definition) is 1. The molecule has 0 spiro atoms. The van der Waals surface area contributed by atoms with Gasteiger partial charge in [-0.15, -0.1) is 0 Å². The summed E-state index contributed by atoms with van der Waals surface area (Å²) >= 11 is 0. The molecule has 1 heterocycles. The van der Waals surface area contributed by atoms with Crippen molar-refractivity contribution in [3.05, 3.63) is 48.0 Å². The van der Waals surface area contributed by atoms with E-state index in [4.69, 9.17) is 4.74 Å². The fourth-order valence-corrected chi connectivity index (χ4v) is 3.84. The maximum Gasteiger partial charge on any atom is 0.254 e. The zero-order valence-electron chi connectivity index (χ0n) is 17.4. The van der Waals surface area contributed by atoms with Gasteiger partial charge >= 0.3 is 0 Å². The van der Waals surface area contributed by atoms with Gasteiger partial charge in [0.25, 0.3) is 5.91 Å². The number of carbonyl (C=O) groups excluding carboxylic acids is 2. The van der Waals surface area contributed by atoms with E-state index >= 15 is 0 Å². The molecule has 2 aromatic carbocycles. The Kier molecular flexibility index (Phi) is 8.05. The third-order valence-corrected chi connectivity index (χ3v) is 5.51. The van der Waals surface area contributed by atoms with Gasteiger partial charge in [-0.05, 0) is 42.5 Å². The van der Waals surface area contributed by atoms with E-state index in [2.05, 4.69) is 12.2 Å². The molecule has 0 radical (unpaired) electrons. The zero-order chi connectivity index (χ0) is 20.5. The summed E-state index contributed by atoms with van der Waals surface area (Å²) in [4.78, 5) is 27.5. The lowest BCUT2D eigenvalue weighted by Crippen LogP contribution is -2.45. The second-order valence-electron chi connectivity index (χ2n) is 7.73. The third-order valence-electron chi connectivity index (χ3n) is 5.51. The molecule has 0 aromatic heterocycles. The molecule has 1 unspecified atom stereocenters. The fraction of sp³-hybridized carbons (Fsp3) is 0.500. The molecule has 0 aliphatic carbocycles. The van der Waals surface area contributed by atoms with Crippen molar-refractivity contribution >= 4 is 22.6 Å². The van der Waals surface area contributed by atoms with Crippen LogP contribution in [-0.4, -0.2) is 49.6 Å². The van der Waals surface area contributed by atoms with Gasteiger partial charge in [0.15, 0.2) is 0 Å². The summed E-state index contributed by atoms with van der Waals surface area (Å²) in [6.07, 6.45) is 4.72. The van der Waals surface area contributed by atoms with Gasteiger partial charge in [-0.2, -0.15) is 0 Å². The van der Waals surface area contributed by atoms with Crippen LogP contribution in [0.3, 0.4) is 0 Å². The number of piperidine rings is 1. The molecule has 1 aliphatic rings. The number of nitrogens with zero attached hydrogens (tertiary/aromatic N) is 1. The van der Waals surface area contributed by atoms with Gasteiger partial charge in [0.05, 0.1) is 5.92 Å². The first kappa shape index (κ1) is 21.3. The number of carbonyl (C=O) groups is 2. The van der Waals surface area contributed by atoms with Crippen molar-refractivity contribution in [2.24, 2.45) is 5.92 Å². The number of hydrogen-bond acceptors (Lipinski definition) is 3. The lowest BCUT2D eigenvalue weighted by atomic mass is 9.95. The van der Waals surface area contributed by atoms with Crippen molar-refractivity contribution in [1.82, 2.24) is 10.2 Å². The minimum absolute atomic E-state index is 0.0172. The molecule has 1 aliphatic heterocycles. The quantitative estimate of drug-likeness (QED) is 0.652. The smallest absolute Gasteiger partial charge is 0.254 e. The van der Waals surface area contributed by atoms with Gasteiger partial charge in [0.1, 0.15) is 0 Å². The molecule has 1 fully saturated rings. The number of amides is 2. The Labute approximate surface area is 173 Å². The van der Waals surface area contributed by atoms with E-state index in [0.29, 0.717) is 31.8 Å². The molecule has 2 amide bonds. The van der Waals surface area contributed by atoms with Crippen molar-refractivity contribution in [2.75, 3.05) is 32.8 Å². The Morgan fingerprint density at radius 3 is 2.76 bits per heavy atom. The Morgan fingerprint density at radius 1 is 1.10 bits per heavy atom. The molecule has 1 atom stereocenters. The Balaban J connectivity index is 1.52. The van der Waals surface area contributed by atoms with Gasteiger partial charge in [-0.3, -0.25) is 9.59 Å². The first-order chi connectivity index (χ1) is 14.2. The van der Waals surface area contributed by atoms with Crippen LogP contribution in [-0.2, 0) is 9.53 Å². The monoisotopic (exact) mass is 396 g/mol. The van der Waals surface area contributed by atoms with E-state index < -0.39 is 0 Å². The SMILES string of the molecule is CCCCOCCCNC(=O)C1CCCN(C(=O)c2cccc3ccccc23)C1. The number of ether oxygens (including phenoxy) is 1. The highest BCUT2D eigenvalue weighted by molar-refractivity contribution is 6.07. The van der Waals surface area contributed by atoms with Crippen molar-refractivity contribution < 1.29 is 14.3 Å². The molecule has 156 valence electrons. The predicted molar refractivity (Wildman–Crippen MR) is 116 cm³/mol. The van der Waals surface area contributed by atoms with Crippen molar-refractivity contribution in [3.8, 4) is 0 Å². The minimum Gasteiger partial charge on any atom is -0.381 e. The van der Waals surface area contributed by atoms with Gasteiger partial charge < -0.3 is 15.0 Å². The Morgan fingerprint density at radius 2 is 1.90 bits per heavy atom.